The van der Waals surface area contributed by atoms with E-state index in [0.717, 1.165) is 47.6 Å². The van der Waals surface area contributed by atoms with Gasteiger partial charge in [0.15, 0.2) is 0 Å². The minimum Gasteiger partial charge on any atom is -0.390 e. The molecule has 1 aliphatic rings. The summed E-state index contributed by atoms with van der Waals surface area (Å²) in [4.78, 5) is 11.4. The Balaban J connectivity index is 1.21. The first-order valence-corrected chi connectivity index (χ1v) is 10.8. The van der Waals surface area contributed by atoms with E-state index in [1.54, 1.807) is 0 Å². The molecule has 0 bridgehead atoms. The number of imidazole rings is 1. The highest BCUT2D eigenvalue weighted by molar-refractivity contribution is 5.81. The molecule has 4 aromatic rings. The Morgan fingerprint density at radius 2 is 1.94 bits per heavy atom. The second-order valence-electron chi connectivity index (χ2n) is 8.26. The van der Waals surface area contributed by atoms with Crippen LogP contribution in [0.5, 0.6) is 0 Å². The number of aliphatic hydroxyl groups is 1. The van der Waals surface area contributed by atoms with Crippen LogP contribution >= 0.6 is 0 Å². The Morgan fingerprint density at radius 1 is 1.06 bits per heavy atom. The first-order chi connectivity index (χ1) is 15.2. The minimum atomic E-state index is -0.457. The van der Waals surface area contributed by atoms with E-state index in [1.165, 1.54) is 11.1 Å². The number of hydrogen-bond donors (Lipinski definition) is 2. The third-order valence-corrected chi connectivity index (χ3v) is 5.97. The van der Waals surface area contributed by atoms with E-state index in [1.807, 2.05) is 48.3 Å². The maximum absolute atomic E-state index is 10.6. The van der Waals surface area contributed by atoms with Crippen molar-refractivity contribution in [2.45, 2.75) is 19.1 Å². The van der Waals surface area contributed by atoms with Gasteiger partial charge in [0, 0.05) is 38.8 Å². The van der Waals surface area contributed by atoms with E-state index in [4.69, 9.17) is 4.98 Å². The quantitative estimate of drug-likeness (QED) is 0.507. The van der Waals surface area contributed by atoms with Gasteiger partial charge < -0.3 is 15.0 Å². The molecule has 0 spiro atoms. The fraction of sp³-hybridized carbons (Fsp3) is 0.280. The summed E-state index contributed by atoms with van der Waals surface area (Å²) >= 11 is 0. The van der Waals surface area contributed by atoms with Crippen molar-refractivity contribution in [1.82, 2.24) is 19.4 Å². The number of β-amino-alcohol motifs (C(OH)–C–C–N with tert-alkyl or cyclic N) is 1. The van der Waals surface area contributed by atoms with Crippen molar-refractivity contribution in [3.05, 3.63) is 78.1 Å². The second kappa shape index (κ2) is 8.49. The van der Waals surface area contributed by atoms with Gasteiger partial charge in [-0.2, -0.15) is 0 Å². The number of benzene rings is 2. The number of aliphatic hydroxyl groups excluding tert-OH is 1. The van der Waals surface area contributed by atoms with Crippen molar-refractivity contribution in [2.75, 3.05) is 25.0 Å². The van der Waals surface area contributed by atoms with Gasteiger partial charge in [0.1, 0.15) is 5.82 Å². The number of pyridine rings is 1. The maximum atomic E-state index is 10.6. The Labute approximate surface area is 182 Å². The first kappa shape index (κ1) is 19.7. The molecule has 0 unspecified atom stereocenters. The van der Waals surface area contributed by atoms with Gasteiger partial charge in [-0.3, -0.25) is 4.90 Å². The third-order valence-electron chi connectivity index (χ3n) is 5.97. The summed E-state index contributed by atoms with van der Waals surface area (Å²) in [5, 5.41) is 13.9. The fourth-order valence-electron chi connectivity index (χ4n) is 4.27. The summed E-state index contributed by atoms with van der Waals surface area (Å²) in [5.74, 6) is 0.769. The molecule has 31 heavy (non-hydrogen) atoms. The van der Waals surface area contributed by atoms with Crippen molar-refractivity contribution in [2.24, 2.45) is 7.05 Å². The number of nitrogens with one attached hydrogen (secondary N) is 1. The van der Waals surface area contributed by atoms with E-state index in [2.05, 4.69) is 45.5 Å². The van der Waals surface area contributed by atoms with Crippen molar-refractivity contribution in [3.63, 3.8) is 0 Å². The van der Waals surface area contributed by atoms with Crippen LogP contribution in [0, 0.1) is 0 Å². The number of fused-ring (bicyclic) bond motifs is 2. The number of nitrogens with zero attached hydrogens (tertiary/aromatic N) is 4. The van der Waals surface area contributed by atoms with Gasteiger partial charge in [0.2, 0.25) is 0 Å². The molecule has 6 heteroatoms. The summed E-state index contributed by atoms with van der Waals surface area (Å²) in [5.41, 5.74) is 6.80. The maximum Gasteiger partial charge on any atom is 0.126 e. The molecule has 5 rings (SSSR count). The van der Waals surface area contributed by atoms with E-state index >= 15 is 0 Å². The molecular weight excluding hydrogens is 386 g/mol. The van der Waals surface area contributed by atoms with Crippen molar-refractivity contribution in [3.8, 4) is 11.3 Å². The van der Waals surface area contributed by atoms with Crippen molar-refractivity contribution >= 4 is 16.9 Å². The molecule has 1 aliphatic heterocycles. The average molecular weight is 414 g/mol. The average Bonchev–Trinajstić information content (AvgIpc) is 3.18. The van der Waals surface area contributed by atoms with Crippen LogP contribution in [0.2, 0.25) is 0 Å². The SMILES string of the molecule is Cn1cnc2ccc(-c3cccc(NC[C@H](O)CN4CCc5ccccc5C4)n3)cc21. The monoisotopic (exact) mass is 413 g/mol. The molecule has 0 amide bonds. The van der Waals surface area contributed by atoms with Crippen LogP contribution in [-0.4, -0.2) is 50.3 Å². The van der Waals surface area contributed by atoms with Gasteiger partial charge in [0.05, 0.1) is 29.2 Å². The molecule has 1 atom stereocenters. The number of aromatic nitrogens is 3. The predicted octanol–water partition coefficient (Wildman–Crippen LogP) is 3.47. The Kier molecular flexibility index (Phi) is 5.40. The summed E-state index contributed by atoms with van der Waals surface area (Å²) in [6, 6.07) is 20.7. The molecule has 2 aromatic heterocycles. The molecule has 6 nitrogen and oxygen atoms in total. The largest absolute Gasteiger partial charge is 0.390 e. The van der Waals surface area contributed by atoms with Gasteiger partial charge >= 0.3 is 0 Å². The summed E-state index contributed by atoms with van der Waals surface area (Å²) in [7, 11) is 1.99. The molecule has 0 saturated carbocycles. The number of anilines is 1. The van der Waals surface area contributed by atoms with Crippen molar-refractivity contribution in [1.29, 1.82) is 0 Å². The number of hydrogen-bond acceptors (Lipinski definition) is 5. The van der Waals surface area contributed by atoms with Crippen LogP contribution in [0.3, 0.4) is 0 Å². The number of rotatable bonds is 6. The zero-order chi connectivity index (χ0) is 21.2. The molecule has 158 valence electrons. The molecule has 0 aliphatic carbocycles. The fourth-order valence-corrected chi connectivity index (χ4v) is 4.27. The molecule has 0 radical (unpaired) electrons. The van der Waals surface area contributed by atoms with E-state index in [9.17, 15) is 5.11 Å². The number of aryl methyl sites for hydroxylation is 1. The molecule has 0 saturated heterocycles. The highest BCUT2D eigenvalue weighted by Crippen LogP contribution is 2.23. The van der Waals surface area contributed by atoms with Gasteiger partial charge in [-0.15, -0.1) is 0 Å². The highest BCUT2D eigenvalue weighted by atomic mass is 16.3. The standard InChI is InChI=1S/C25H27N5O/c1-29-17-27-23-10-9-19(13-24(23)29)22-7-4-8-25(28-22)26-14-21(31)16-30-12-11-18-5-2-3-6-20(18)15-30/h2-10,13,17,21,31H,11-12,14-16H2,1H3,(H,26,28)/t21-/m0/s1. The van der Waals surface area contributed by atoms with Crippen LogP contribution in [0.4, 0.5) is 5.82 Å². The summed E-state index contributed by atoms with van der Waals surface area (Å²) < 4.78 is 2.01. The van der Waals surface area contributed by atoms with Gasteiger partial charge in [-0.25, -0.2) is 9.97 Å². The zero-order valence-corrected chi connectivity index (χ0v) is 17.7. The van der Waals surface area contributed by atoms with Crippen LogP contribution in [-0.2, 0) is 20.0 Å². The zero-order valence-electron chi connectivity index (χ0n) is 17.7. The lowest BCUT2D eigenvalue weighted by atomic mass is 10.00. The lowest BCUT2D eigenvalue weighted by molar-refractivity contribution is 0.114. The van der Waals surface area contributed by atoms with E-state index in [-0.39, 0.29) is 0 Å². The lowest BCUT2D eigenvalue weighted by Gasteiger charge is -2.30. The molecule has 3 heterocycles. The van der Waals surface area contributed by atoms with Gasteiger partial charge in [-0.05, 0) is 41.8 Å². The van der Waals surface area contributed by atoms with Gasteiger partial charge in [0.25, 0.3) is 0 Å². The van der Waals surface area contributed by atoms with Crippen LogP contribution in [0.15, 0.2) is 67.0 Å². The molecule has 2 N–H and O–H groups in total. The third kappa shape index (κ3) is 4.31. The predicted molar refractivity (Wildman–Crippen MR) is 124 cm³/mol. The first-order valence-electron chi connectivity index (χ1n) is 10.8. The molecule has 2 aromatic carbocycles. The Morgan fingerprint density at radius 3 is 2.84 bits per heavy atom. The summed E-state index contributed by atoms with van der Waals surface area (Å²) in [6.45, 7) is 3.00. The second-order valence-corrected chi connectivity index (χ2v) is 8.26. The van der Waals surface area contributed by atoms with E-state index < -0.39 is 6.10 Å². The topological polar surface area (TPSA) is 66.2 Å². The molecular formula is C25H27N5O. The van der Waals surface area contributed by atoms with Gasteiger partial charge in [-0.1, -0.05) is 36.4 Å². The van der Waals surface area contributed by atoms with Crippen LogP contribution in [0.25, 0.3) is 22.3 Å². The Hall–Kier alpha value is -3.22. The normalized spacial score (nSPS) is 15.0. The Bertz CT molecular complexity index is 1200. The minimum absolute atomic E-state index is 0.457. The van der Waals surface area contributed by atoms with Crippen LogP contribution in [0.1, 0.15) is 11.1 Å². The lowest BCUT2D eigenvalue weighted by Crippen LogP contribution is -2.39. The summed E-state index contributed by atoms with van der Waals surface area (Å²) in [6.07, 6.45) is 2.41. The van der Waals surface area contributed by atoms with Crippen molar-refractivity contribution < 1.29 is 5.11 Å². The highest BCUT2D eigenvalue weighted by Gasteiger charge is 2.18. The van der Waals surface area contributed by atoms with Crippen LogP contribution < -0.4 is 5.32 Å². The van der Waals surface area contributed by atoms with E-state index in [0.29, 0.717) is 13.1 Å². The smallest absolute Gasteiger partial charge is 0.126 e. The molecule has 0 fully saturated rings.